The van der Waals surface area contributed by atoms with Crippen molar-refractivity contribution in [3.8, 4) is 0 Å². The topological polar surface area (TPSA) is 58.2 Å². The molecule has 2 rings (SSSR count). The quantitative estimate of drug-likeness (QED) is 0.733. The summed E-state index contributed by atoms with van der Waals surface area (Å²) in [4.78, 5) is 23.8. The van der Waals surface area contributed by atoms with Gasteiger partial charge in [0.25, 0.3) is 0 Å². The Balaban J connectivity index is 2.01. The highest BCUT2D eigenvalue weighted by molar-refractivity contribution is 6.31. The molecule has 0 saturated heterocycles. The van der Waals surface area contributed by atoms with Crippen molar-refractivity contribution in [2.75, 3.05) is 10.6 Å². The van der Waals surface area contributed by atoms with Crippen LogP contribution in [-0.2, 0) is 15.8 Å². The van der Waals surface area contributed by atoms with Gasteiger partial charge in [0.2, 0.25) is 11.8 Å². The van der Waals surface area contributed by atoms with Crippen molar-refractivity contribution in [2.45, 2.75) is 26.4 Å². The van der Waals surface area contributed by atoms with Gasteiger partial charge in [-0.05, 0) is 55.3 Å². The summed E-state index contributed by atoms with van der Waals surface area (Å²) < 4.78 is 38.5. The number of hydrogen-bond donors (Lipinski definition) is 2. The molecule has 0 spiro atoms. The van der Waals surface area contributed by atoms with Gasteiger partial charge in [-0.2, -0.15) is 13.2 Å². The summed E-state index contributed by atoms with van der Waals surface area (Å²) in [6, 6.07) is 8.42. The zero-order valence-electron chi connectivity index (χ0n) is 14.0. The van der Waals surface area contributed by atoms with Crippen LogP contribution >= 0.6 is 11.6 Å². The van der Waals surface area contributed by atoms with Gasteiger partial charge in [0, 0.05) is 11.4 Å². The molecule has 138 valence electrons. The summed E-state index contributed by atoms with van der Waals surface area (Å²) >= 11 is 5.52. The van der Waals surface area contributed by atoms with Gasteiger partial charge in [0.1, 0.15) is 6.42 Å². The third-order valence-corrected chi connectivity index (χ3v) is 3.71. The molecule has 0 fully saturated rings. The van der Waals surface area contributed by atoms with Gasteiger partial charge < -0.3 is 10.6 Å². The molecule has 2 aromatic carbocycles. The molecule has 4 nitrogen and oxygen atoms in total. The minimum atomic E-state index is -4.64. The summed E-state index contributed by atoms with van der Waals surface area (Å²) in [5.74, 6) is -1.31. The van der Waals surface area contributed by atoms with Crippen LogP contribution in [0.2, 0.25) is 5.02 Å². The lowest BCUT2D eigenvalue weighted by atomic mass is 10.1. The molecule has 0 bridgehead atoms. The van der Waals surface area contributed by atoms with E-state index in [-0.39, 0.29) is 5.69 Å². The Kier molecular flexibility index (Phi) is 5.92. The molecule has 2 aromatic rings. The first-order valence-corrected chi connectivity index (χ1v) is 7.97. The third kappa shape index (κ3) is 5.49. The summed E-state index contributed by atoms with van der Waals surface area (Å²) in [7, 11) is 0. The molecular formula is C18H16ClF3N2O2. The molecule has 26 heavy (non-hydrogen) atoms. The number of alkyl halides is 3. The number of anilines is 2. The molecule has 0 unspecified atom stereocenters. The summed E-state index contributed by atoms with van der Waals surface area (Å²) in [5.41, 5.74) is 1.30. The maximum atomic E-state index is 12.8. The van der Waals surface area contributed by atoms with Gasteiger partial charge in [-0.25, -0.2) is 0 Å². The number of amides is 2. The van der Waals surface area contributed by atoms with Gasteiger partial charge in [-0.1, -0.05) is 17.7 Å². The van der Waals surface area contributed by atoms with Crippen LogP contribution < -0.4 is 10.6 Å². The van der Waals surface area contributed by atoms with Gasteiger partial charge >= 0.3 is 6.18 Å². The summed E-state index contributed by atoms with van der Waals surface area (Å²) in [6.07, 6.45) is -5.17. The molecule has 0 heterocycles. The third-order valence-electron chi connectivity index (χ3n) is 3.38. The second-order valence-electron chi connectivity index (χ2n) is 5.84. The summed E-state index contributed by atoms with van der Waals surface area (Å²) in [6.45, 7) is 3.74. The predicted molar refractivity (Wildman–Crippen MR) is 94.2 cm³/mol. The van der Waals surface area contributed by atoms with Crippen molar-refractivity contribution < 1.29 is 22.8 Å². The van der Waals surface area contributed by atoms with Crippen molar-refractivity contribution >= 4 is 34.8 Å². The number of nitrogens with one attached hydrogen (secondary N) is 2. The largest absolute Gasteiger partial charge is 0.417 e. The van der Waals surface area contributed by atoms with Gasteiger partial charge in [0.15, 0.2) is 0 Å². The Morgan fingerprint density at radius 1 is 0.923 bits per heavy atom. The number of aryl methyl sites for hydroxylation is 2. The fourth-order valence-corrected chi connectivity index (χ4v) is 2.65. The van der Waals surface area contributed by atoms with Crippen molar-refractivity contribution in [1.29, 1.82) is 0 Å². The highest BCUT2D eigenvalue weighted by atomic mass is 35.5. The number of benzene rings is 2. The Morgan fingerprint density at radius 3 is 2.00 bits per heavy atom. The highest BCUT2D eigenvalue weighted by Gasteiger charge is 2.33. The number of carbonyl (C=O) groups is 2. The molecule has 2 N–H and O–H groups in total. The van der Waals surface area contributed by atoms with Crippen LogP contribution in [0.3, 0.4) is 0 Å². The van der Waals surface area contributed by atoms with Crippen LogP contribution in [0, 0.1) is 13.8 Å². The normalized spacial score (nSPS) is 11.2. The van der Waals surface area contributed by atoms with E-state index in [0.29, 0.717) is 5.69 Å². The summed E-state index contributed by atoms with van der Waals surface area (Å²) in [5, 5.41) is 4.38. The Labute approximate surface area is 153 Å². The minimum absolute atomic E-state index is 0.0917. The second kappa shape index (κ2) is 7.78. The van der Waals surface area contributed by atoms with E-state index < -0.39 is 35.0 Å². The number of halogens is 4. The van der Waals surface area contributed by atoms with Crippen LogP contribution in [0.1, 0.15) is 23.1 Å². The van der Waals surface area contributed by atoms with Gasteiger partial charge in [0.05, 0.1) is 10.6 Å². The second-order valence-corrected chi connectivity index (χ2v) is 6.25. The van der Waals surface area contributed by atoms with E-state index in [9.17, 15) is 22.8 Å². The minimum Gasteiger partial charge on any atom is -0.326 e. The number of carbonyl (C=O) groups excluding carboxylic acids is 2. The van der Waals surface area contributed by atoms with E-state index in [0.717, 1.165) is 23.3 Å². The van der Waals surface area contributed by atoms with Crippen molar-refractivity contribution in [3.63, 3.8) is 0 Å². The van der Waals surface area contributed by atoms with Crippen molar-refractivity contribution in [1.82, 2.24) is 0 Å². The lowest BCUT2D eigenvalue weighted by Gasteiger charge is -2.12. The first-order valence-electron chi connectivity index (χ1n) is 7.59. The lowest BCUT2D eigenvalue weighted by molar-refractivity contribution is -0.137. The monoisotopic (exact) mass is 384 g/mol. The van der Waals surface area contributed by atoms with Crippen molar-refractivity contribution in [2.24, 2.45) is 0 Å². The van der Waals surface area contributed by atoms with Crippen LogP contribution in [-0.4, -0.2) is 11.8 Å². The fraction of sp³-hybridized carbons (Fsp3) is 0.222. The highest BCUT2D eigenvalue weighted by Crippen LogP contribution is 2.36. The number of hydrogen-bond acceptors (Lipinski definition) is 2. The SMILES string of the molecule is Cc1cc(C)cc(NC(=O)CC(=O)Nc2ccc(Cl)c(C(F)(F)F)c2)c1. The molecule has 0 aliphatic heterocycles. The van der Waals surface area contributed by atoms with Crippen LogP contribution in [0.15, 0.2) is 36.4 Å². The average Bonchev–Trinajstić information content (AvgIpc) is 2.46. The van der Waals surface area contributed by atoms with E-state index >= 15 is 0 Å². The first-order chi connectivity index (χ1) is 12.0. The molecule has 0 aliphatic carbocycles. The molecule has 0 radical (unpaired) electrons. The standard InChI is InChI=1S/C18H16ClF3N2O2/c1-10-5-11(2)7-13(6-10)24-17(26)9-16(25)23-12-3-4-15(19)14(8-12)18(20,21)22/h3-8H,9H2,1-2H3,(H,23,25)(H,24,26). The van der Waals surface area contributed by atoms with Gasteiger partial charge in [-0.15, -0.1) is 0 Å². The molecule has 8 heteroatoms. The van der Waals surface area contributed by atoms with E-state index in [1.54, 1.807) is 12.1 Å². The number of rotatable bonds is 4. The van der Waals surface area contributed by atoms with Crippen LogP contribution in [0.25, 0.3) is 0 Å². The first kappa shape index (κ1) is 19.8. The Hall–Kier alpha value is -2.54. The Bertz CT molecular complexity index is 831. The van der Waals surface area contributed by atoms with E-state index in [2.05, 4.69) is 10.6 Å². The zero-order chi connectivity index (χ0) is 19.5. The maximum absolute atomic E-state index is 12.8. The predicted octanol–water partition coefficient (Wildman–Crippen LogP) is 4.94. The fourth-order valence-electron chi connectivity index (χ4n) is 2.42. The smallest absolute Gasteiger partial charge is 0.326 e. The molecule has 0 atom stereocenters. The molecular weight excluding hydrogens is 369 g/mol. The molecule has 0 aliphatic rings. The zero-order valence-corrected chi connectivity index (χ0v) is 14.8. The van der Waals surface area contributed by atoms with Crippen LogP contribution in [0.5, 0.6) is 0 Å². The molecule has 2 amide bonds. The Morgan fingerprint density at radius 2 is 1.46 bits per heavy atom. The lowest BCUT2D eigenvalue weighted by Crippen LogP contribution is -2.21. The molecule has 0 aromatic heterocycles. The van der Waals surface area contributed by atoms with Crippen molar-refractivity contribution in [3.05, 3.63) is 58.1 Å². The molecule has 0 saturated carbocycles. The van der Waals surface area contributed by atoms with Crippen LogP contribution in [0.4, 0.5) is 24.5 Å². The van der Waals surface area contributed by atoms with E-state index in [1.165, 1.54) is 6.07 Å². The maximum Gasteiger partial charge on any atom is 0.417 e. The van der Waals surface area contributed by atoms with Gasteiger partial charge in [-0.3, -0.25) is 9.59 Å². The van der Waals surface area contributed by atoms with E-state index in [4.69, 9.17) is 11.6 Å². The average molecular weight is 385 g/mol. The van der Waals surface area contributed by atoms with E-state index in [1.807, 2.05) is 19.9 Å².